The van der Waals surface area contributed by atoms with Crippen molar-refractivity contribution in [3.05, 3.63) is 50.1 Å². The number of rotatable bonds is 3. The second kappa shape index (κ2) is 6.04. The first-order chi connectivity index (χ1) is 9.41. The van der Waals surface area contributed by atoms with E-state index in [1.54, 1.807) is 35.5 Å². The van der Waals surface area contributed by atoms with Gasteiger partial charge in [-0.05, 0) is 36.1 Å². The lowest BCUT2D eigenvalue weighted by molar-refractivity contribution is 0.0748. The van der Waals surface area contributed by atoms with E-state index in [2.05, 4.69) is 0 Å². The molecule has 0 aliphatic heterocycles. The highest BCUT2D eigenvalue weighted by Gasteiger charge is 2.23. The summed E-state index contributed by atoms with van der Waals surface area (Å²) in [6, 6.07) is 6.82. The van der Waals surface area contributed by atoms with Crippen molar-refractivity contribution < 1.29 is 4.79 Å². The van der Waals surface area contributed by atoms with Crippen LogP contribution in [0.2, 0.25) is 10.0 Å². The largest absolute Gasteiger partial charge is 0.397 e. The van der Waals surface area contributed by atoms with E-state index in [9.17, 15) is 4.79 Å². The zero-order chi connectivity index (χ0) is 14.9. The predicted molar refractivity (Wildman–Crippen MR) is 85.7 cm³/mol. The van der Waals surface area contributed by atoms with Crippen LogP contribution in [0.3, 0.4) is 0 Å². The summed E-state index contributed by atoms with van der Waals surface area (Å²) in [6.45, 7) is 1.91. The smallest absolute Gasteiger partial charge is 0.266 e. The maximum Gasteiger partial charge on any atom is 0.266 e. The van der Waals surface area contributed by atoms with E-state index in [1.165, 1.54) is 11.3 Å². The normalized spacial score (nSPS) is 12.2. The molecule has 20 heavy (non-hydrogen) atoms. The highest BCUT2D eigenvalue weighted by Crippen LogP contribution is 2.31. The number of anilines is 1. The Hall–Kier alpha value is -1.23. The van der Waals surface area contributed by atoms with Gasteiger partial charge in [0.25, 0.3) is 5.91 Å². The first-order valence-electron chi connectivity index (χ1n) is 5.97. The fourth-order valence-electron chi connectivity index (χ4n) is 1.88. The minimum absolute atomic E-state index is 0.115. The molecular weight excluding hydrogens is 315 g/mol. The Labute approximate surface area is 131 Å². The molecule has 0 aliphatic rings. The van der Waals surface area contributed by atoms with Crippen LogP contribution in [0, 0.1) is 0 Å². The van der Waals surface area contributed by atoms with E-state index in [0.29, 0.717) is 20.6 Å². The molecule has 2 rings (SSSR count). The first kappa shape index (κ1) is 15.2. The van der Waals surface area contributed by atoms with Gasteiger partial charge in [0.05, 0.1) is 11.7 Å². The molecule has 0 saturated carbocycles. The molecule has 0 aliphatic carbocycles. The molecule has 1 atom stereocenters. The fourth-order valence-corrected chi connectivity index (χ4v) is 3.24. The third-order valence-corrected chi connectivity index (χ3v) is 4.68. The summed E-state index contributed by atoms with van der Waals surface area (Å²) in [5, 5.41) is 2.92. The van der Waals surface area contributed by atoms with Crippen molar-refractivity contribution in [2.45, 2.75) is 13.0 Å². The van der Waals surface area contributed by atoms with Gasteiger partial charge in [0, 0.05) is 17.1 Å². The first-order valence-corrected chi connectivity index (χ1v) is 7.60. The number of carbonyl (C=O) groups is 1. The summed E-state index contributed by atoms with van der Waals surface area (Å²) >= 11 is 13.4. The van der Waals surface area contributed by atoms with Gasteiger partial charge in [-0.15, -0.1) is 11.3 Å². The summed E-state index contributed by atoms with van der Waals surface area (Å²) in [5.74, 6) is -0.115. The zero-order valence-corrected chi connectivity index (χ0v) is 13.4. The summed E-state index contributed by atoms with van der Waals surface area (Å²) < 4.78 is 0. The summed E-state index contributed by atoms with van der Waals surface area (Å²) in [5.41, 5.74) is 7.14. The SMILES string of the molecule is CC(c1ccc(Cl)cc1Cl)N(C)C(=O)c1sccc1N. The van der Waals surface area contributed by atoms with Crippen LogP contribution in [0.5, 0.6) is 0 Å². The summed E-state index contributed by atoms with van der Waals surface area (Å²) in [7, 11) is 1.73. The molecule has 0 spiro atoms. The number of hydrogen-bond acceptors (Lipinski definition) is 3. The van der Waals surface area contributed by atoms with Gasteiger partial charge in [-0.3, -0.25) is 4.79 Å². The molecule has 1 heterocycles. The number of carbonyl (C=O) groups excluding carboxylic acids is 1. The van der Waals surface area contributed by atoms with E-state index >= 15 is 0 Å². The molecule has 3 nitrogen and oxygen atoms in total. The third-order valence-electron chi connectivity index (χ3n) is 3.20. The molecule has 6 heteroatoms. The summed E-state index contributed by atoms with van der Waals surface area (Å²) in [4.78, 5) is 14.6. The molecule has 0 bridgehead atoms. The Morgan fingerprint density at radius 3 is 2.60 bits per heavy atom. The van der Waals surface area contributed by atoms with Gasteiger partial charge in [0.15, 0.2) is 0 Å². The van der Waals surface area contributed by atoms with Crippen LogP contribution < -0.4 is 5.73 Å². The van der Waals surface area contributed by atoms with E-state index in [0.717, 1.165) is 5.56 Å². The molecule has 1 unspecified atom stereocenters. The lowest BCUT2D eigenvalue weighted by Crippen LogP contribution is -2.29. The Morgan fingerprint density at radius 1 is 1.35 bits per heavy atom. The van der Waals surface area contributed by atoms with Crippen molar-refractivity contribution >= 4 is 46.1 Å². The maximum absolute atomic E-state index is 12.4. The van der Waals surface area contributed by atoms with Gasteiger partial charge in [-0.1, -0.05) is 29.3 Å². The Bertz CT molecular complexity index is 642. The van der Waals surface area contributed by atoms with Gasteiger partial charge in [0.1, 0.15) is 4.88 Å². The Morgan fingerprint density at radius 2 is 2.05 bits per heavy atom. The molecule has 0 radical (unpaired) electrons. The fraction of sp³-hybridized carbons (Fsp3) is 0.214. The number of nitrogens with two attached hydrogens (primary N) is 1. The van der Waals surface area contributed by atoms with Crippen molar-refractivity contribution in [1.82, 2.24) is 4.90 Å². The Kier molecular flexibility index (Phi) is 4.58. The number of nitrogen functional groups attached to an aromatic ring is 1. The Balaban J connectivity index is 2.26. The van der Waals surface area contributed by atoms with Gasteiger partial charge >= 0.3 is 0 Å². The molecule has 1 aromatic carbocycles. The minimum atomic E-state index is -0.172. The van der Waals surface area contributed by atoms with Crippen molar-refractivity contribution in [3.8, 4) is 0 Å². The molecule has 1 amide bonds. The van der Waals surface area contributed by atoms with Crippen molar-refractivity contribution in [3.63, 3.8) is 0 Å². The van der Waals surface area contributed by atoms with E-state index in [1.807, 2.05) is 13.0 Å². The molecule has 2 N–H and O–H groups in total. The monoisotopic (exact) mass is 328 g/mol. The van der Waals surface area contributed by atoms with E-state index in [4.69, 9.17) is 28.9 Å². The van der Waals surface area contributed by atoms with Crippen molar-refractivity contribution in [1.29, 1.82) is 0 Å². The number of benzene rings is 1. The van der Waals surface area contributed by atoms with Crippen LogP contribution in [0.25, 0.3) is 0 Å². The van der Waals surface area contributed by atoms with E-state index in [-0.39, 0.29) is 11.9 Å². The van der Waals surface area contributed by atoms with Gasteiger partial charge < -0.3 is 10.6 Å². The molecular formula is C14H14Cl2N2OS. The standard InChI is InChI=1S/C14H14Cl2N2OS/c1-8(10-4-3-9(15)7-11(10)16)18(2)14(19)13-12(17)5-6-20-13/h3-8H,17H2,1-2H3. The number of halogens is 2. The number of hydrogen-bond donors (Lipinski definition) is 1. The van der Waals surface area contributed by atoms with Crippen molar-refractivity contribution in [2.24, 2.45) is 0 Å². The zero-order valence-electron chi connectivity index (χ0n) is 11.1. The van der Waals surface area contributed by atoms with Crippen LogP contribution in [0.15, 0.2) is 29.6 Å². The van der Waals surface area contributed by atoms with Crippen LogP contribution in [-0.2, 0) is 0 Å². The average Bonchev–Trinajstić information content (AvgIpc) is 2.82. The number of amides is 1. The second-order valence-electron chi connectivity index (χ2n) is 4.46. The van der Waals surface area contributed by atoms with Crippen LogP contribution in [0.1, 0.15) is 28.2 Å². The minimum Gasteiger partial charge on any atom is -0.397 e. The maximum atomic E-state index is 12.4. The topological polar surface area (TPSA) is 46.3 Å². The van der Waals surface area contributed by atoms with Gasteiger partial charge in [-0.2, -0.15) is 0 Å². The lowest BCUT2D eigenvalue weighted by atomic mass is 10.1. The number of nitrogens with zero attached hydrogens (tertiary/aromatic N) is 1. The lowest BCUT2D eigenvalue weighted by Gasteiger charge is -2.26. The summed E-state index contributed by atoms with van der Waals surface area (Å²) in [6.07, 6.45) is 0. The van der Waals surface area contributed by atoms with Crippen molar-refractivity contribution in [2.75, 3.05) is 12.8 Å². The third kappa shape index (κ3) is 2.92. The van der Waals surface area contributed by atoms with Gasteiger partial charge in [0.2, 0.25) is 0 Å². The highest BCUT2D eigenvalue weighted by molar-refractivity contribution is 7.12. The average molecular weight is 329 g/mol. The molecule has 0 saturated heterocycles. The van der Waals surface area contributed by atoms with Crippen LogP contribution in [-0.4, -0.2) is 17.9 Å². The quantitative estimate of drug-likeness (QED) is 0.903. The van der Waals surface area contributed by atoms with Crippen LogP contribution >= 0.6 is 34.5 Å². The molecule has 1 aromatic heterocycles. The second-order valence-corrected chi connectivity index (χ2v) is 6.22. The van der Waals surface area contributed by atoms with Gasteiger partial charge in [-0.25, -0.2) is 0 Å². The predicted octanol–water partition coefficient (Wildman–Crippen LogP) is 4.47. The molecule has 2 aromatic rings. The molecule has 106 valence electrons. The van der Waals surface area contributed by atoms with E-state index < -0.39 is 0 Å². The molecule has 0 fully saturated rings. The number of thiophene rings is 1. The highest BCUT2D eigenvalue weighted by atomic mass is 35.5. The van der Waals surface area contributed by atoms with Crippen LogP contribution in [0.4, 0.5) is 5.69 Å².